The summed E-state index contributed by atoms with van der Waals surface area (Å²) in [6.07, 6.45) is 0. The van der Waals surface area contributed by atoms with E-state index in [9.17, 15) is 18.5 Å². The SMILES string of the molecule is O=[N+]([O-])c1ccc(N=NNc2ccc(S(=O)(=O)O)cc2)cc1. The molecule has 0 spiro atoms. The number of benzene rings is 2. The summed E-state index contributed by atoms with van der Waals surface area (Å²) in [6, 6.07) is 10.7. The largest absolute Gasteiger partial charge is 0.294 e. The van der Waals surface area contributed by atoms with Crippen LogP contribution >= 0.6 is 0 Å². The molecule has 0 saturated heterocycles. The van der Waals surface area contributed by atoms with Gasteiger partial charge in [-0.2, -0.15) is 8.42 Å². The van der Waals surface area contributed by atoms with Crippen LogP contribution in [0.1, 0.15) is 0 Å². The first kappa shape index (κ1) is 15.5. The molecule has 2 aromatic rings. The number of non-ortho nitro benzene ring substituents is 1. The van der Waals surface area contributed by atoms with Gasteiger partial charge in [0.25, 0.3) is 15.8 Å². The Morgan fingerprint density at radius 2 is 1.64 bits per heavy atom. The van der Waals surface area contributed by atoms with Crippen LogP contribution in [0.15, 0.2) is 63.8 Å². The second-order valence-corrected chi connectivity index (χ2v) is 5.51. The lowest BCUT2D eigenvalue weighted by Gasteiger charge is -2.00. The average molecular weight is 322 g/mol. The zero-order valence-corrected chi connectivity index (χ0v) is 11.8. The third-order valence-corrected chi connectivity index (χ3v) is 3.43. The molecule has 9 nitrogen and oxygen atoms in total. The van der Waals surface area contributed by atoms with Gasteiger partial charge in [0.1, 0.15) is 0 Å². The molecule has 0 amide bonds. The maximum Gasteiger partial charge on any atom is 0.294 e. The van der Waals surface area contributed by atoms with Crippen molar-refractivity contribution in [1.82, 2.24) is 0 Å². The Morgan fingerprint density at radius 1 is 1.05 bits per heavy atom. The highest BCUT2D eigenvalue weighted by atomic mass is 32.2. The molecule has 0 bridgehead atoms. The molecule has 0 heterocycles. The summed E-state index contributed by atoms with van der Waals surface area (Å²) >= 11 is 0. The molecule has 2 N–H and O–H groups in total. The summed E-state index contributed by atoms with van der Waals surface area (Å²) < 4.78 is 30.6. The monoisotopic (exact) mass is 322 g/mol. The van der Waals surface area contributed by atoms with Crippen molar-refractivity contribution in [3.63, 3.8) is 0 Å². The molecule has 0 saturated carbocycles. The van der Waals surface area contributed by atoms with Gasteiger partial charge >= 0.3 is 0 Å². The minimum Gasteiger partial charge on any atom is -0.282 e. The molecule has 22 heavy (non-hydrogen) atoms. The molecule has 0 unspecified atom stereocenters. The van der Waals surface area contributed by atoms with Crippen LogP contribution in [0.2, 0.25) is 0 Å². The van der Waals surface area contributed by atoms with Gasteiger partial charge < -0.3 is 0 Å². The summed E-state index contributed by atoms with van der Waals surface area (Å²) in [5.74, 6) is 0. The van der Waals surface area contributed by atoms with E-state index < -0.39 is 15.0 Å². The van der Waals surface area contributed by atoms with Gasteiger partial charge in [0.2, 0.25) is 0 Å². The Morgan fingerprint density at radius 3 is 2.14 bits per heavy atom. The van der Waals surface area contributed by atoms with Gasteiger partial charge in [-0.05, 0) is 36.4 Å². The van der Waals surface area contributed by atoms with E-state index in [0.717, 1.165) is 0 Å². The predicted octanol–water partition coefficient (Wildman–Crippen LogP) is 2.95. The van der Waals surface area contributed by atoms with E-state index in [4.69, 9.17) is 4.55 Å². The first-order chi connectivity index (χ1) is 10.4. The van der Waals surface area contributed by atoms with E-state index in [1.807, 2.05) is 0 Å². The van der Waals surface area contributed by atoms with Crippen molar-refractivity contribution in [2.75, 3.05) is 5.43 Å². The fraction of sp³-hybridized carbons (Fsp3) is 0. The van der Waals surface area contributed by atoms with Crippen LogP contribution in [0, 0.1) is 10.1 Å². The smallest absolute Gasteiger partial charge is 0.282 e. The fourth-order valence-corrected chi connectivity index (χ4v) is 1.96. The topological polar surface area (TPSA) is 134 Å². The Labute approximate surface area is 125 Å². The third-order valence-electron chi connectivity index (χ3n) is 2.56. The fourth-order valence-electron chi connectivity index (χ4n) is 1.48. The standard InChI is InChI=1S/C12H10N4O5S/c17-16(18)11-5-1-9(2-6-11)13-15-14-10-3-7-12(8-4-10)22(19,20)21/h1-8H,(H,13,14)(H,19,20,21). The number of nitrogens with zero attached hydrogens (tertiary/aromatic N) is 3. The Bertz CT molecular complexity index is 800. The van der Waals surface area contributed by atoms with E-state index in [2.05, 4.69) is 15.8 Å². The van der Waals surface area contributed by atoms with Gasteiger partial charge in [0.15, 0.2) is 0 Å². The molecule has 0 aromatic heterocycles. The maximum absolute atomic E-state index is 10.9. The lowest BCUT2D eigenvalue weighted by atomic mass is 10.3. The summed E-state index contributed by atoms with van der Waals surface area (Å²) in [5, 5.41) is 18.0. The molecular formula is C12H10N4O5S. The number of anilines is 1. The summed E-state index contributed by atoms with van der Waals surface area (Å²) in [7, 11) is -4.23. The minimum absolute atomic E-state index is 0.0484. The quantitative estimate of drug-likeness (QED) is 0.376. The molecule has 2 rings (SSSR count). The van der Waals surface area contributed by atoms with Crippen molar-refractivity contribution in [1.29, 1.82) is 0 Å². The van der Waals surface area contributed by atoms with Crippen LogP contribution in [0.4, 0.5) is 17.1 Å². The highest BCUT2D eigenvalue weighted by Gasteiger charge is 2.08. The van der Waals surface area contributed by atoms with Gasteiger partial charge in [0, 0.05) is 12.1 Å². The summed E-state index contributed by atoms with van der Waals surface area (Å²) in [4.78, 5) is 9.74. The molecule has 2 aromatic carbocycles. The van der Waals surface area contributed by atoms with Crippen molar-refractivity contribution in [2.24, 2.45) is 10.3 Å². The molecule has 0 aliphatic rings. The first-order valence-corrected chi connectivity index (χ1v) is 7.29. The van der Waals surface area contributed by atoms with Crippen molar-refractivity contribution >= 4 is 27.2 Å². The van der Waals surface area contributed by atoms with Gasteiger partial charge in [-0.3, -0.25) is 20.1 Å². The molecule has 114 valence electrons. The number of nitro benzene ring substituents is 1. The van der Waals surface area contributed by atoms with Crippen molar-refractivity contribution in [3.8, 4) is 0 Å². The average Bonchev–Trinajstić information content (AvgIpc) is 2.47. The number of hydrogen-bond donors (Lipinski definition) is 2. The maximum atomic E-state index is 10.9. The first-order valence-electron chi connectivity index (χ1n) is 5.85. The second-order valence-electron chi connectivity index (χ2n) is 4.08. The van der Waals surface area contributed by atoms with E-state index in [0.29, 0.717) is 11.4 Å². The molecular weight excluding hydrogens is 312 g/mol. The molecule has 0 aliphatic carbocycles. The van der Waals surface area contributed by atoms with E-state index in [-0.39, 0.29) is 10.6 Å². The van der Waals surface area contributed by atoms with Crippen LogP contribution in [-0.2, 0) is 10.1 Å². The van der Waals surface area contributed by atoms with E-state index >= 15 is 0 Å². The zero-order chi connectivity index (χ0) is 16.2. The Hall–Kier alpha value is -2.85. The second kappa shape index (κ2) is 6.28. The number of nitrogens with one attached hydrogen (secondary N) is 1. The summed E-state index contributed by atoms with van der Waals surface area (Å²) in [6.45, 7) is 0. The van der Waals surface area contributed by atoms with Crippen LogP contribution in [-0.4, -0.2) is 17.9 Å². The van der Waals surface area contributed by atoms with Gasteiger partial charge in [-0.1, -0.05) is 5.22 Å². The Kier molecular flexibility index (Phi) is 4.44. The molecule has 10 heteroatoms. The Balaban J connectivity index is 2.01. The van der Waals surface area contributed by atoms with Crippen LogP contribution in [0.3, 0.4) is 0 Å². The van der Waals surface area contributed by atoms with Crippen molar-refractivity contribution < 1.29 is 17.9 Å². The third kappa shape index (κ3) is 4.07. The number of rotatable bonds is 5. The minimum atomic E-state index is -4.23. The van der Waals surface area contributed by atoms with Gasteiger partial charge in [0.05, 0.1) is 21.2 Å². The van der Waals surface area contributed by atoms with Crippen LogP contribution in [0.5, 0.6) is 0 Å². The highest BCUT2D eigenvalue weighted by Crippen LogP contribution is 2.19. The van der Waals surface area contributed by atoms with Crippen LogP contribution in [0.25, 0.3) is 0 Å². The van der Waals surface area contributed by atoms with E-state index in [1.165, 1.54) is 48.5 Å². The van der Waals surface area contributed by atoms with Crippen LogP contribution < -0.4 is 5.43 Å². The number of hydrogen-bond acceptors (Lipinski definition) is 6. The summed E-state index contributed by atoms with van der Waals surface area (Å²) in [5.41, 5.74) is 3.38. The normalized spacial score (nSPS) is 11.5. The van der Waals surface area contributed by atoms with Crippen molar-refractivity contribution in [3.05, 3.63) is 58.6 Å². The molecule has 0 aliphatic heterocycles. The number of nitro groups is 1. The van der Waals surface area contributed by atoms with Gasteiger partial charge in [-0.25, -0.2) is 0 Å². The molecule has 0 radical (unpaired) electrons. The lowest BCUT2D eigenvalue weighted by Crippen LogP contribution is -1.97. The zero-order valence-electron chi connectivity index (χ0n) is 10.9. The van der Waals surface area contributed by atoms with Gasteiger partial charge in [-0.15, -0.1) is 5.11 Å². The van der Waals surface area contributed by atoms with E-state index in [1.54, 1.807) is 0 Å². The lowest BCUT2D eigenvalue weighted by molar-refractivity contribution is -0.384. The molecule has 0 atom stereocenters. The molecule has 0 fully saturated rings. The highest BCUT2D eigenvalue weighted by molar-refractivity contribution is 7.85. The van der Waals surface area contributed by atoms with Crippen molar-refractivity contribution in [2.45, 2.75) is 4.90 Å². The predicted molar refractivity (Wildman–Crippen MR) is 77.5 cm³/mol.